The van der Waals surface area contributed by atoms with Crippen LogP contribution in [0.4, 0.5) is 5.69 Å². The van der Waals surface area contributed by atoms with E-state index in [0.29, 0.717) is 5.69 Å². The highest BCUT2D eigenvalue weighted by molar-refractivity contribution is 6.10. The first kappa shape index (κ1) is 20.2. The second kappa shape index (κ2) is 8.20. The topological polar surface area (TPSA) is 57.8 Å². The van der Waals surface area contributed by atoms with Crippen LogP contribution in [-0.4, -0.2) is 10.5 Å². The molecule has 0 spiro atoms. The average Bonchev–Trinajstić information content (AvgIpc) is 2.95. The fourth-order valence-corrected chi connectivity index (χ4v) is 3.57. The number of aromatic nitrogens is 1. The molecule has 1 aromatic heterocycles. The van der Waals surface area contributed by atoms with E-state index in [0.717, 1.165) is 28.2 Å². The summed E-state index contributed by atoms with van der Waals surface area (Å²) in [5.74, 6) is -0.405. The molecule has 4 heteroatoms. The number of carbonyl (C=O) groups is 1. The van der Waals surface area contributed by atoms with Crippen molar-refractivity contribution in [1.29, 1.82) is 5.26 Å². The van der Waals surface area contributed by atoms with Crippen molar-refractivity contribution >= 4 is 17.7 Å². The molecule has 0 bridgehead atoms. The van der Waals surface area contributed by atoms with Crippen molar-refractivity contribution in [3.8, 4) is 11.8 Å². The summed E-state index contributed by atoms with van der Waals surface area (Å²) in [6, 6.07) is 17.9. The van der Waals surface area contributed by atoms with Gasteiger partial charge < -0.3 is 9.88 Å². The normalized spacial score (nSPS) is 11.2. The maximum atomic E-state index is 12.7. The van der Waals surface area contributed by atoms with E-state index in [1.165, 1.54) is 11.1 Å². The second-order valence-corrected chi connectivity index (χ2v) is 7.39. The van der Waals surface area contributed by atoms with Crippen LogP contribution in [0.3, 0.4) is 0 Å². The van der Waals surface area contributed by atoms with Gasteiger partial charge in [-0.15, -0.1) is 0 Å². The van der Waals surface area contributed by atoms with E-state index in [2.05, 4.69) is 41.9 Å². The molecular formula is C25H25N3O. The third-order valence-corrected chi connectivity index (χ3v) is 5.12. The Balaban J connectivity index is 1.98. The van der Waals surface area contributed by atoms with Crippen LogP contribution < -0.4 is 5.32 Å². The molecule has 0 atom stereocenters. The molecule has 0 fully saturated rings. The zero-order valence-corrected chi connectivity index (χ0v) is 17.5. The number of nitriles is 1. The van der Waals surface area contributed by atoms with Crippen molar-refractivity contribution in [2.75, 3.05) is 5.32 Å². The van der Waals surface area contributed by atoms with E-state index >= 15 is 0 Å². The molecule has 1 amide bonds. The molecule has 3 aromatic rings. The molecule has 0 aliphatic heterocycles. The Morgan fingerprint density at radius 3 is 2.38 bits per heavy atom. The van der Waals surface area contributed by atoms with Crippen molar-refractivity contribution in [1.82, 2.24) is 4.57 Å². The summed E-state index contributed by atoms with van der Waals surface area (Å²) in [6.07, 6.45) is 1.66. The number of nitrogens with one attached hydrogen (secondary N) is 1. The van der Waals surface area contributed by atoms with E-state index in [4.69, 9.17) is 0 Å². The molecule has 29 heavy (non-hydrogen) atoms. The summed E-state index contributed by atoms with van der Waals surface area (Å²) >= 11 is 0. The highest BCUT2D eigenvalue weighted by Gasteiger charge is 2.15. The van der Waals surface area contributed by atoms with Crippen LogP contribution in [0.25, 0.3) is 11.8 Å². The summed E-state index contributed by atoms with van der Waals surface area (Å²) in [5, 5.41) is 12.4. The molecule has 0 aliphatic rings. The van der Waals surface area contributed by atoms with Gasteiger partial charge in [-0.3, -0.25) is 4.79 Å². The van der Waals surface area contributed by atoms with Gasteiger partial charge in [0, 0.05) is 22.8 Å². The number of amides is 1. The van der Waals surface area contributed by atoms with Crippen LogP contribution in [0.15, 0.2) is 54.1 Å². The smallest absolute Gasteiger partial charge is 0.266 e. The molecule has 0 radical (unpaired) electrons. The zero-order chi connectivity index (χ0) is 21.1. The van der Waals surface area contributed by atoms with E-state index in [1.54, 1.807) is 6.08 Å². The van der Waals surface area contributed by atoms with Gasteiger partial charge in [-0.2, -0.15) is 5.26 Å². The Kier molecular flexibility index (Phi) is 5.70. The maximum Gasteiger partial charge on any atom is 0.266 e. The van der Waals surface area contributed by atoms with Gasteiger partial charge in [-0.1, -0.05) is 35.9 Å². The molecule has 2 aromatic carbocycles. The van der Waals surface area contributed by atoms with Crippen molar-refractivity contribution < 1.29 is 4.79 Å². The number of hydrogen-bond acceptors (Lipinski definition) is 2. The molecule has 0 saturated carbocycles. The molecule has 0 unspecified atom stereocenters. The molecular weight excluding hydrogens is 358 g/mol. The fraction of sp³-hybridized carbons (Fsp3) is 0.200. The van der Waals surface area contributed by atoms with Gasteiger partial charge in [0.05, 0.1) is 0 Å². The molecule has 146 valence electrons. The van der Waals surface area contributed by atoms with Gasteiger partial charge in [-0.25, -0.2) is 0 Å². The van der Waals surface area contributed by atoms with E-state index in [-0.39, 0.29) is 5.57 Å². The zero-order valence-electron chi connectivity index (χ0n) is 17.5. The molecule has 0 saturated heterocycles. The highest BCUT2D eigenvalue weighted by Crippen LogP contribution is 2.26. The summed E-state index contributed by atoms with van der Waals surface area (Å²) in [7, 11) is 0. The SMILES string of the molecule is Cc1ccc(-n2c(C)cc(C=C(C#N)C(=O)Nc3ccccc3C)c2C)c(C)c1. The predicted octanol–water partition coefficient (Wildman–Crippen LogP) is 5.57. The van der Waals surface area contributed by atoms with Gasteiger partial charge in [0.25, 0.3) is 5.91 Å². The quantitative estimate of drug-likeness (QED) is 0.473. The van der Waals surface area contributed by atoms with Crippen LogP contribution in [0, 0.1) is 45.9 Å². The minimum Gasteiger partial charge on any atom is -0.321 e. The van der Waals surface area contributed by atoms with Gasteiger partial charge in [-0.05, 0) is 75.6 Å². The van der Waals surface area contributed by atoms with E-state index in [1.807, 2.05) is 57.2 Å². The average molecular weight is 383 g/mol. The maximum absolute atomic E-state index is 12.7. The number of nitrogens with zero attached hydrogens (tertiary/aromatic N) is 2. The Morgan fingerprint density at radius 1 is 1.00 bits per heavy atom. The number of benzene rings is 2. The minimum atomic E-state index is -0.405. The summed E-state index contributed by atoms with van der Waals surface area (Å²) < 4.78 is 2.16. The molecule has 1 heterocycles. The second-order valence-electron chi connectivity index (χ2n) is 7.39. The first-order valence-corrected chi connectivity index (χ1v) is 9.57. The lowest BCUT2D eigenvalue weighted by Gasteiger charge is -2.13. The number of para-hydroxylation sites is 1. The third-order valence-electron chi connectivity index (χ3n) is 5.12. The van der Waals surface area contributed by atoms with Crippen LogP contribution >= 0.6 is 0 Å². The lowest BCUT2D eigenvalue weighted by atomic mass is 10.1. The van der Waals surface area contributed by atoms with Gasteiger partial charge >= 0.3 is 0 Å². The third kappa shape index (κ3) is 4.14. The minimum absolute atomic E-state index is 0.0779. The first-order chi connectivity index (χ1) is 13.8. The van der Waals surface area contributed by atoms with Crippen LogP contribution in [0.1, 0.15) is 33.6 Å². The summed E-state index contributed by atoms with van der Waals surface area (Å²) in [6.45, 7) is 10.1. The number of aryl methyl sites for hydroxylation is 4. The standard InChI is InChI=1S/C25H25N3O/c1-16-10-11-24(18(3)12-16)28-19(4)13-21(20(28)5)14-22(15-26)25(29)27-23-9-7-6-8-17(23)2/h6-14H,1-5H3,(H,27,29). The van der Waals surface area contributed by atoms with E-state index in [9.17, 15) is 10.1 Å². The van der Waals surface area contributed by atoms with Crippen molar-refractivity contribution in [3.63, 3.8) is 0 Å². The molecule has 0 aliphatic carbocycles. The predicted molar refractivity (Wildman–Crippen MR) is 118 cm³/mol. The van der Waals surface area contributed by atoms with Gasteiger partial charge in [0.1, 0.15) is 11.6 Å². The summed E-state index contributed by atoms with van der Waals surface area (Å²) in [5.41, 5.74) is 8.14. The Morgan fingerprint density at radius 2 is 1.72 bits per heavy atom. The largest absolute Gasteiger partial charge is 0.321 e. The Labute approximate surface area is 172 Å². The van der Waals surface area contributed by atoms with Crippen molar-refractivity contribution in [2.45, 2.75) is 34.6 Å². The lowest BCUT2D eigenvalue weighted by molar-refractivity contribution is -0.112. The number of hydrogen-bond donors (Lipinski definition) is 1. The summed E-state index contributed by atoms with van der Waals surface area (Å²) in [4.78, 5) is 12.7. The highest BCUT2D eigenvalue weighted by atomic mass is 16.1. The van der Waals surface area contributed by atoms with Crippen molar-refractivity contribution in [2.24, 2.45) is 0 Å². The first-order valence-electron chi connectivity index (χ1n) is 9.57. The van der Waals surface area contributed by atoms with Gasteiger partial charge in [0.2, 0.25) is 0 Å². The molecule has 3 rings (SSSR count). The van der Waals surface area contributed by atoms with Crippen LogP contribution in [-0.2, 0) is 4.79 Å². The lowest BCUT2D eigenvalue weighted by Crippen LogP contribution is -2.14. The van der Waals surface area contributed by atoms with Gasteiger partial charge in [0.15, 0.2) is 0 Å². The molecule has 4 nitrogen and oxygen atoms in total. The monoisotopic (exact) mass is 383 g/mol. The van der Waals surface area contributed by atoms with Crippen LogP contribution in [0.5, 0.6) is 0 Å². The van der Waals surface area contributed by atoms with Crippen molar-refractivity contribution in [3.05, 3.63) is 87.7 Å². The molecule has 1 N–H and O–H groups in total. The number of anilines is 1. The van der Waals surface area contributed by atoms with E-state index < -0.39 is 5.91 Å². The Bertz CT molecular complexity index is 1160. The number of carbonyl (C=O) groups excluding carboxylic acids is 1. The Hall–Kier alpha value is -3.58. The van der Waals surface area contributed by atoms with Crippen LogP contribution in [0.2, 0.25) is 0 Å². The fourth-order valence-electron chi connectivity index (χ4n) is 3.57. The number of rotatable bonds is 4.